The largest absolute Gasteiger partial charge is 0.298 e. The number of Topliss-reactive ketones (excluding diaryl/α,β-unsaturated/α-hetero) is 1. The molecule has 0 aromatic rings. The average molecular weight is 168 g/mol. The van der Waals surface area contributed by atoms with E-state index in [1.165, 1.54) is 0 Å². The van der Waals surface area contributed by atoms with Crippen LogP contribution < -0.4 is 0 Å². The van der Waals surface area contributed by atoms with Crippen LogP contribution in [0.5, 0.6) is 0 Å². The molecule has 0 aliphatic carbocycles. The summed E-state index contributed by atoms with van der Waals surface area (Å²) < 4.78 is 0. The van der Waals surface area contributed by atoms with E-state index >= 15 is 0 Å². The van der Waals surface area contributed by atoms with Crippen LogP contribution in [0.1, 0.15) is 41.0 Å². The summed E-state index contributed by atoms with van der Waals surface area (Å²) in [5.74, 6) is 0.453. The highest BCUT2D eigenvalue weighted by atomic mass is 16.1. The molecule has 0 bridgehead atoms. The maximum Gasteiger partial charge on any atom is 0.145 e. The first-order valence-electron chi connectivity index (χ1n) is 4.54. The van der Waals surface area contributed by atoms with Gasteiger partial charge in [0, 0.05) is 11.3 Å². The van der Waals surface area contributed by atoms with E-state index in [1.807, 2.05) is 34.6 Å². The standard InChI is InChI=1S/C11H20O/c1-7-9(4)10(12)11(5,6)8(2)3/h9H,2,7H2,1,3-6H3. The van der Waals surface area contributed by atoms with E-state index in [4.69, 9.17) is 0 Å². The van der Waals surface area contributed by atoms with Crippen LogP contribution >= 0.6 is 0 Å². The van der Waals surface area contributed by atoms with Crippen LogP contribution in [-0.2, 0) is 4.79 Å². The van der Waals surface area contributed by atoms with Gasteiger partial charge in [0.05, 0.1) is 0 Å². The Morgan fingerprint density at radius 1 is 1.50 bits per heavy atom. The third kappa shape index (κ3) is 2.20. The molecule has 12 heavy (non-hydrogen) atoms. The Morgan fingerprint density at radius 2 is 1.92 bits per heavy atom. The second-order valence-electron chi connectivity index (χ2n) is 4.08. The molecule has 0 heterocycles. The Hall–Kier alpha value is -0.590. The van der Waals surface area contributed by atoms with E-state index in [1.54, 1.807) is 0 Å². The molecule has 0 aliphatic rings. The normalized spacial score (nSPS) is 14.1. The Kier molecular flexibility index (Phi) is 3.69. The summed E-state index contributed by atoms with van der Waals surface area (Å²) in [6.45, 7) is 13.7. The Balaban J connectivity index is 4.57. The van der Waals surface area contributed by atoms with Crippen molar-refractivity contribution in [3.8, 4) is 0 Å². The minimum Gasteiger partial charge on any atom is -0.298 e. The molecule has 70 valence electrons. The second kappa shape index (κ2) is 3.88. The van der Waals surface area contributed by atoms with Gasteiger partial charge in [-0.3, -0.25) is 4.79 Å². The fourth-order valence-corrected chi connectivity index (χ4v) is 1.01. The number of ketones is 1. The van der Waals surface area contributed by atoms with E-state index < -0.39 is 0 Å². The van der Waals surface area contributed by atoms with Gasteiger partial charge >= 0.3 is 0 Å². The van der Waals surface area contributed by atoms with Gasteiger partial charge in [-0.1, -0.05) is 26.0 Å². The van der Waals surface area contributed by atoms with E-state index in [0.29, 0.717) is 5.78 Å². The van der Waals surface area contributed by atoms with Gasteiger partial charge in [-0.15, -0.1) is 0 Å². The van der Waals surface area contributed by atoms with Crippen LogP contribution in [0.3, 0.4) is 0 Å². The molecular weight excluding hydrogens is 148 g/mol. The zero-order valence-corrected chi connectivity index (χ0v) is 8.90. The molecule has 0 aromatic heterocycles. The summed E-state index contributed by atoms with van der Waals surface area (Å²) in [6, 6.07) is 0. The topological polar surface area (TPSA) is 17.1 Å². The lowest BCUT2D eigenvalue weighted by Gasteiger charge is -2.26. The van der Waals surface area contributed by atoms with Gasteiger partial charge in [0.2, 0.25) is 0 Å². The maximum absolute atomic E-state index is 11.8. The number of hydrogen-bond acceptors (Lipinski definition) is 1. The maximum atomic E-state index is 11.8. The van der Waals surface area contributed by atoms with Crippen molar-refractivity contribution in [1.82, 2.24) is 0 Å². The van der Waals surface area contributed by atoms with Gasteiger partial charge in [0.25, 0.3) is 0 Å². The van der Waals surface area contributed by atoms with Crippen LogP contribution in [0.2, 0.25) is 0 Å². The quantitative estimate of drug-likeness (QED) is 0.589. The molecule has 1 nitrogen and oxygen atoms in total. The van der Waals surface area contributed by atoms with Gasteiger partial charge in [-0.2, -0.15) is 0 Å². The molecule has 0 N–H and O–H groups in total. The summed E-state index contributed by atoms with van der Waals surface area (Å²) in [4.78, 5) is 11.8. The molecule has 0 fully saturated rings. The molecule has 1 heteroatoms. The van der Waals surface area contributed by atoms with Crippen molar-refractivity contribution in [3.05, 3.63) is 12.2 Å². The van der Waals surface area contributed by atoms with Crippen LogP contribution in [0.25, 0.3) is 0 Å². The van der Waals surface area contributed by atoms with Crippen molar-refractivity contribution in [1.29, 1.82) is 0 Å². The number of carbonyl (C=O) groups excluding carboxylic acids is 1. The predicted octanol–water partition coefficient (Wildman–Crippen LogP) is 3.20. The molecule has 0 rings (SSSR count). The predicted molar refractivity (Wildman–Crippen MR) is 53.1 cm³/mol. The third-order valence-corrected chi connectivity index (χ3v) is 2.74. The summed E-state index contributed by atoms with van der Waals surface area (Å²) in [5, 5.41) is 0. The smallest absolute Gasteiger partial charge is 0.145 e. The summed E-state index contributed by atoms with van der Waals surface area (Å²) in [7, 11) is 0. The molecule has 0 aromatic carbocycles. The summed E-state index contributed by atoms with van der Waals surface area (Å²) >= 11 is 0. The summed E-state index contributed by atoms with van der Waals surface area (Å²) in [5.41, 5.74) is 0.600. The molecule has 0 spiro atoms. The third-order valence-electron chi connectivity index (χ3n) is 2.74. The Labute approximate surface area is 75.9 Å². The van der Waals surface area contributed by atoms with Gasteiger partial charge in [0.1, 0.15) is 5.78 Å². The Morgan fingerprint density at radius 3 is 2.17 bits per heavy atom. The molecule has 0 saturated carbocycles. The van der Waals surface area contributed by atoms with Gasteiger partial charge < -0.3 is 0 Å². The first kappa shape index (κ1) is 11.4. The fraction of sp³-hybridized carbons (Fsp3) is 0.727. The van der Waals surface area contributed by atoms with Crippen molar-refractivity contribution >= 4 is 5.78 Å². The van der Waals surface area contributed by atoms with Crippen LogP contribution in [0.15, 0.2) is 12.2 Å². The monoisotopic (exact) mass is 168 g/mol. The van der Waals surface area contributed by atoms with Crippen molar-refractivity contribution in [3.63, 3.8) is 0 Å². The van der Waals surface area contributed by atoms with E-state index in [-0.39, 0.29) is 11.3 Å². The minimum absolute atomic E-state index is 0.150. The number of allylic oxidation sites excluding steroid dienone is 1. The van der Waals surface area contributed by atoms with Gasteiger partial charge in [0.15, 0.2) is 0 Å². The van der Waals surface area contributed by atoms with E-state index in [9.17, 15) is 4.79 Å². The zero-order valence-electron chi connectivity index (χ0n) is 8.90. The summed E-state index contributed by atoms with van der Waals surface area (Å²) in [6.07, 6.45) is 0.912. The Bertz CT molecular complexity index is 189. The highest BCUT2D eigenvalue weighted by Gasteiger charge is 2.30. The second-order valence-corrected chi connectivity index (χ2v) is 4.08. The molecular formula is C11H20O. The average Bonchev–Trinajstić information content (AvgIpc) is 2.01. The van der Waals surface area contributed by atoms with E-state index in [2.05, 4.69) is 6.58 Å². The van der Waals surface area contributed by atoms with Crippen molar-refractivity contribution in [2.75, 3.05) is 0 Å². The molecule has 0 amide bonds. The number of rotatable bonds is 4. The van der Waals surface area contributed by atoms with Gasteiger partial charge in [-0.05, 0) is 27.2 Å². The first-order chi connectivity index (χ1) is 5.34. The molecule has 0 saturated heterocycles. The lowest BCUT2D eigenvalue weighted by Crippen LogP contribution is -2.30. The van der Waals surface area contributed by atoms with Crippen LogP contribution in [0.4, 0.5) is 0 Å². The SMILES string of the molecule is C=C(C)C(C)(C)C(=O)C(C)CC. The number of hydrogen-bond donors (Lipinski definition) is 0. The van der Waals surface area contributed by atoms with Crippen LogP contribution in [0, 0.1) is 11.3 Å². The lowest BCUT2D eigenvalue weighted by molar-refractivity contribution is -0.129. The molecule has 1 unspecified atom stereocenters. The van der Waals surface area contributed by atoms with E-state index in [0.717, 1.165) is 12.0 Å². The molecule has 1 atom stereocenters. The fourth-order valence-electron chi connectivity index (χ4n) is 1.01. The molecule has 0 aliphatic heterocycles. The van der Waals surface area contributed by atoms with Crippen LogP contribution in [-0.4, -0.2) is 5.78 Å². The highest BCUT2D eigenvalue weighted by molar-refractivity contribution is 5.88. The van der Waals surface area contributed by atoms with Crippen molar-refractivity contribution in [2.45, 2.75) is 41.0 Å². The first-order valence-corrected chi connectivity index (χ1v) is 4.54. The zero-order chi connectivity index (χ0) is 9.94. The number of carbonyl (C=O) groups is 1. The van der Waals surface area contributed by atoms with Gasteiger partial charge in [-0.25, -0.2) is 0 Å². The minimum atomic E-state index is -0.352. The van der Waals surface area contributed by atoms with Crippen molar-refractivity contribution < 1.29 is 4.79 Å². The lowest BCUT2D eigenvalue weighted by atomic mass is 9.76. The molecule has 0 radical (unpaired) electrons. The van der Waals surface area contributed by atoms with Crippen molar-refractivity contribution in [2.24, 2.45) is 11.3 Å². The highest BCUT2D eigenvalue weighted by Crippen LogP contribution is 2.29.